The smallest absolute Gasteiger partial charge is 0.215 e. The van der Waals surface area contributed by atoms with Crippen LogP contribution in [0.2, 0.25) is 5.15 Å². The summed E-state index contributed by atoms with van der Waals surface area (Å²) < 4.78 is 26.5. The molecule has 1 aliphatic heterocycles. The van der Waals surface area contributed by atoms with Gasteiger partial charge in [-0.25, -0.2) is 18.4 Å². The average molecular weight is 382 g/mol. The van der Waals surface area contributed by atoms with Gasteiger partial charge in [0, 0.05) is 50.8 Å². The number of nitrogens with one attached hydrogen (secondary N) is 1. The van der Waals surface area contributed by atoms with Gasteiger partial charge >= 0.3 is 0 Å². The van der Waals surface area contributed by atoms with Gasteiger partial charge in [0.1, 0.15) is 11.0 Å². The highest BCUT2D eigenvalue weighted by molar-refractivity contribution is 7.89. The van der Waals surface area contributed by atoms with Crippen molar-refractivity contribution in [1.29, 1.82) is 0 Å². The molecule has 9 heteroatoms. The summed E-state index contributed by atoms with van der Waals surface area (Å²) in [6.45, 7) is 2.55. The van der Waals surface area contributed by atoms with E-state index in [-0.39, 0.29) is 5.75 Å². The highest BCUT2D eigenvalue weighted by Crippen LogP contribution is 2.15. The quantitative estimate of drug-likeness (QED) is 0.767. The number of pyridine rings is 2. The summed E-state index contributed by atoms with van der Waals surface area (Å²) in [5, 5.41) is 3.44. The van der Waals surface area contributed by atoms with Crippen molar-refractivity contribution in [3.8, 4) is 0 Å². The Labute approximate surface area is 152 Å². The van der Waals surface area contributed by atoms with E-state index < -0.39 is 10.0 Å². The molecule has 3 rings (SSSR count). The van der Waals surface area contributed by atoms with Gasteiger partial charge in [0.05, 0.1) is 5.75 Å². The Kier molecular flexibility index (Phi) is 5.72. The third-order valence-corrected chi connectivity index (χ3v) is 6.10. The average Bonchev–Trinajstić information content (AvgIpc) is 2.62. The predicted molar refractivity (Wildman–Crippen MR) is 99.5 cm³/mol. The van der Waals surface area contributed by atoms with Crippen molar-refractivity contribution in [3.05, 3.63) is 47.9 Å². The van der Waals surface area contributed by atoms with Gasteiger partial charge in [-0.1, -0.05) is 17.7 Å². The van der Waals surface area contributed by atoms with Crippen molar-refractivity contribution in [2.45, 2.75) is 0 Å². The molecule has 25 heavy (non-hydrogen) atoms. The second-order valence-electron chi connectivity index (χ2n) is 5.68. The van der Waals surface area contributed by atoms with Gasteiger partial charge in [-0.3, -0.25) is 0 Å². The van der Waals surface area contributed by atoms with Crippen LogP contribution in [0.3, 0.4) is 0 Å². The third-order valence-electron chi connectivity index (χ3n) is 4.02. The van der Waals surface area contributed by atoms with E-state index in [1.54, 1.807) is 28.8 Å². The third kappa shape index (κ3) is 4.81. The first-order valence-electron chi connectivity index (χ1n) is 8.04. The summed E-state index contributed by atoms with van der Waals surface area (Å²) in [6, 6.07) is 9.16. The number of sulfonamides is 1. The molecule has 0 atom stereocenters. The molecule has 1 fully saturated rings. The van der Waals surface area contributed by atoms with Gasteiger partial charge in [-0.15, -0.1) is 0 Å². The van der Waals surface area contributed by atoms with Gasteiger partial charge < -0.3 is 10.2 Å². The maximum Gasteiger partial charge on any atom is 0.215 e. The van der Waals surface area contributed by atoms with Crippen LogP contribution in [0.15, 0.2) is 42.7 Å². The standard InChI is InChI=1S/C16H20ClN5O2S/c17-15-13-14(4-6-19-15)18-7-12-25(23,24)22-10-8-21(9-11-22)16-3-1-2-5-20-16/h1-6,13H,7-12H2,(H,18,19). The van der Waals surface area contributed by atoms with Crippen LogP contribution in [0.1, 0.15) is 0 Å². The monoisotopic (exact) mass is 381 g/mol. The molecule has 0 unspecified atom stereocenters. The minimum atomic E-state index is -3.29. The minimum absolute atomic E-state index is 0.0382. The van der Waals surface area contributed by atoms with Crippen LogP contribution in [0.25, 0.3) is 0 Å². The Bertz CT molecular complexity index is 795. The summed E-state index contributed by atoms with van der Waals surface area (Å²) in [4.78, 5) is 10.3. The number of nitrogens with zero attached hydrogens (tertiary/aromatic N) is 4. The van der Waals surface area contributed by atoms with E-state index in [9.17, 15) is 8.42 Å². The zero-order valence-electron chi connectivity index (χ0n) is 13.7. The Hall–Kier alpha value is -1.90. The second kappa shape index (κ2) is 7.99. The lowest BCUT2D eigenvalue weighted by Crippen LogP contribution is -2.50. The fourth-order valence-electron chi connectivity index (χ4n) is 2.70. The number of hydrogen-bond donors (Lipinski definition) is 1. The van der Waals surface area contributed by atoms with Crippen LogP contribution in [0.5, 0.6) is 0 Å². The Morgan fingerprint density at radius 3 is 2.56 bits per heavy atom. The SMILES string of the molecule is O=S(=O)(CCNc1ccnc(Cl)c1)N1CCN(c2ccccn2)CC1. The lowest BCUT2D eigenvalue weighted by Gasteiger charge is -2.34. The zero-order valence-corrected chi connectivity index (χ0v) is 15.2. The first-order chi connectivity index (χ1) is 12.0. The summed E-state index contributed by atoms with van der Waals surface area (Å²) in [5.41, 5.74) is 0.759. The summed E-state index contributed by atoms with van der Waals surface area (Å²) in [6.07, 6.45) is 3.32. The summed E-state index contributed by atoms with van der Waals surface area (Å²) in [7, 11) is -3.29. The number of halogens is 1. The molecule has 0 amide bonds. The Morgan fingerprint density at radius 2 is 1.88 bits per heavy atom. The summed E-state index contributed by atoms with van der Waals surface area (Å²) in [5.74, 6) is 0.923. The Morgan fingerprint density at radius 1 is 1.08 bits per heavy atom. The van der Waals surface area contributed by atoms with Gasteiger partial charge in [-0.05, 0) is 24.3 Å². The van der Waals surface area contributed by atoms with Crippen molar-refractivity contribution in [2.24, 2.45) is 0 Å². The Balaban J connectivity index is 1.50. The minimum Gasteiger partial charge on any atom is -0.384 e. The molecule has 0 bridgehead atoms. The van der Waals surface area contributed by atoms with Gasteiger partial charge in [0.15, 0.2) is 0 Å². The van der Waals surface area contributed by atoms with Crippen LogP contribution >= 0.6 is 11.6 Å². The molecule has 1 N–H and O–H groups in total. The van der Waals surface area contributed by atoms with Crippen LogP contribution in [0, 0.1) is 0 Å². The number of hydrogen-bond acceptors (Lipinski definition) is 6. The molecule has 1 saturated heterocycles. The van der Waals surface area contributed by atoms with E-state index in [0.29, 0.717) is 37.9 Å². The number of piperazine rings is 1. The van der Waals surface area contributed by atoms with Crippen molar-refractivity contribution >= 4 is 33.1 Å². The van der Waals surface area contributed by atoms with Crippen molar-refractivity contribution < 1.29 is 8.42 Å². The van der Waals surface area contributed by atoms with E-state index in [1.165, 1.54) is 0 Å². The highest BCUT2D eigenvalue weighted by atomic mass is 35.5. The topological polar surface area (TPSA) is 78.4 Å². The molecule has 2 aromatic rings. The first kappa shape index (κ1) is 17.9. The largest absolute Gasteiger partial charge is 0.384 e. The van der Waals surface area contributed by atoms with Gasteiger partial charge in [0.2, 0.25) is 10.0 Å². The number of rotatable bonds is 6. The molecule has 3 heterocycles. The maximum atomic E-state index is 12.5. The van der Waals surface area contributed by atoms with Gasteiger partial charge in [0.25, 0.3) is 0 Å². The first-order valence-corrected chi connectivity index (χ1v) is 10.0. The molecular formula is C16H20ClN5O2S. The zero-order chi connectivity index (χ0) is 17.7. The molecule has 0 saturated carbocycles. The predicted octanol–water partition coefficient (Wildman–Crippen LogP) is 1.69. The molecule has 0 radical (unpaired) electrons. The molecule has 0 aromatic carbocycles. The van der Waals surface area contributed by atoms with E-state index in [4.69, 9.17) is 11.6 Å². The molecule has 1 aliphatic rings. The lowest BCUT2D eigenvalue weighted by atomic mass is 10.3. The van der Waals surface area contributed by atoms with Crippen LogP contribution < -0.4 is 10.2 Å². The molecule has 2 aromatic heterocycles. The second-order valence-corrected chi connectivity index (χ2v) is 8.16. The summed E-state index contributed by atoms with van der Waals surface area (Å²) >= 11 is 5.81. The van der Waals surface area contributed by atoms with Crippen molar-refractivity contribution in [1.82, 2.24) is 14.3 Å². The molecule has 0 spiro atoms. The van der Waals surface area contributed by atoms with E-state index in [0.717, 1.165) is 11.5 Å². The van der Waals surface area contributed by atoms with Crippen LogP contribution in [0.4, 0.5) is 11.5 Å². The fourth-order valence-corrected chi connectivity index (χ4v) is 4.21. The van der Waals surface area contributed by atoms with Gasteiger partial charge in [-0.2, -0.15) is 4.31 Å². The molecule has 7 nitrogen and oxygen atoms in total. The number of aromatic nitrogens is 2. The number of anilines is 2. The fraction of sp³-hybridized carbons (Fsp3) is 0.375. The van der Waals surface area contributed by atoms with Crippen LogP contribution in [-0.4, -0.2) is 61.2 Å². The van der Waals surface area contributed by atoms with E-state index >= 15 is 0 Å². The van der Waals surface area contributed by atoms with Crippen molar-refractivity contribution in [3.63, 3.8) is 0 Å². The lowest BCUT2D eigenvalue weighted by molar-refractivity contribution is 0.384. The molecule has 134 valence electrons. The maximum absolute atomic E-state index is 12.5. The molecule has 0 aliphatic carbocycles. The van der Waals surface area contributed by atoms with E-state index in [2.05, 4.69) is 20.2 Å². The van der Waals surface area contributed by atoms with E-state index in [1.807, 2.05) is 18.2 Å². The normalized spacial score (nSPS) is 16.0. The van der Waals surface area contributed by atoms with Crippen LogP contribution in [-0.2, 0) is 10.0 Å². The molecular weight excluding hydrogens is 362 g/mol. The van der Waals surface area contributed by atoms with Crippen molar-refractivity contribution in [2.75, 3.05) is 48.7 Å². The highest BCUT2D eigenvalue weighted by Gasteiger charge is 2.26.